The van der Waals surface area contributed by atoms with E-state index in [4.69, 9.17) is 4.74 Å². The van der Waals surface area contributed by atoms with Gasteiger partial charge >= 0.3 is 5.97 Å². The molecule has 0 aliphatic heterocycles. The molecule has 0 bridgehead atoms. The van der Waals surface area contributed by atoms with Gasteiger partial charge in [0.1, 0.15) is 0 Å². The van der Waals surface area contributed by atoms with Crippen LogP contribution in [0, 0.1) is 0 Å². The minimum absolute atomic E-state index is 0.0104. The molecule has 0 heterocycles. The molecule has 1 amide bonds. The number of fused-ring (bicyclic) bond motifs is 2. The smallest absolute Gasteiger partial charge is 0.339 e. The van der Waals surface area contributed by atoms with Crippen molar-refractivity contribution in [2.75, 3.05) is 11.9 Å². The van der Waals surface area contributed by atoms with E-state index in [2.05, 4.69) is 5.32 Å². The SMILES string of the molecule is CCc1cccc(CC)c1NC(=O)COC(=O)c1cccc2c1C(=O)c1ccccc1C2=O. The number of nitrogens with one attached hydrogen (secondary N) is 1. The zero-order valence-electron chi connectivity index (χ0n) is 18.4. The highest BCUT2D eigenvalue weighted by atomic mass is 16.5. The van der Waals surface area contributed by atoms with E-state index in [1.54, 1.807) is 24.3 Å². The van der Waals surface area contributed by atoms with E-state index in [0.717, 1.165) is 29.7 Å². The van der Waals surface area contributed by atoms with Crippen LogP contribution >= 0.6 is 0 Å². The summed E-state index contributed by atoms with van der Waals surface area (Å²) in [6.07, 6.45) is 1.49. The summed E-state index contributed by atoms with van der Waals surface area (Å²) >= 11 is 0. The van der Waals surface area contributed by atoms with Crippen LogP contribution in [0.2, 0.25) is 0 Å². The molecule has 6 heteroatoms. The van der Waals surface area contributed by atoms with Gasteiger partial charge in [-0.05, 0) is 30.0 Å². The number of para-hydroxylation sites is 1. The van der Waals surface area contributed by atoms with Gasteiger partial charge in [0, 0.05) is 27.9 Å². The molecule has 6 nitrogen and oxygen atoms in total. The van der Waals surface area contributed by atoms with Gasteiger partial charge < -0.3 is 10.1 Å². The Labute approximate surface area is 191 Å². The van der Waals surface area contributed by atoms with Crippen molar-refractivity contribution in [2.24, 2.45) is 0 Å². The van der Waals surface area contributed by atoms with Crippen LogP contribution in [0.3, 0.4) is 0 Å². The Morgan fingerprint density at radius 3 is 1.97 bits per heavy atom. The summed E-state index contributed by atoms with van der Waals surface area (Å²) in [6, 6.07) is 16.8. The van der Waals surface area contributed by atoms with E-state index in [0.29, 0.717) is 5.56 Å². The van der Waals surface area contributed by atoms with E-state index in [1.807, 2.05) is 32.0 Å². The number of anilines is 1. The largest absolute Gasteiger partial charge is 0.452 e. The number of esters is 1. The summed E-state index contributed by atoms with van der Waals surface area (Å²) in [5.74, 6) is -2.05. The van der Waals surface area contributed by atoms with Crippen molar-refractivity contribution in [3.63, 3.8) is 0 Å². The molecular formula is C27H23NO5. The number of carbonyl (C=O) groups is 4. The van der Waals surface area contributed by atoms with Crippen LogP contribution in [-0.4, -0.2) is 30.0 Å². The summed E-state index contributed by atoms with van der Waals surface area (Å²) in [5, 5.41) is 2.84. The van der Waals surface area contributed by atoms with Gasteiger partial charge in [-0.25, -0.2) is 4.79 Å². The van der Waals surface area contributed by atoms with Crippen LogP contribution in [0.15, 0.2) is 60.7 Å². The number of benzene rings is 3. The molecule has 0 fully saturated rings. The van der Waals surface area contributed by atoms with E-state index in [1.165, 1.54) is 18.2 Å². The van der Waals surface area contributed by atoms with Crippen molar-refractivity contribution in [3.8, 4) is 0 Å². The molecule has 3 aromatic rings. The molecule has 4 rings (SSSR count). The standard InChI is InChI=1S/C27H23NO5/c1-3-16-9-7-10-17(4-2)24(16)28-22(29)15-33-27(32)21-14-8-13-20-23(21)26(31)19-12-6-5-11-18(19)25(20)30/h5-14H,3-4,15H2,1-2H3,(H,28,29). The van der Waals surface area contributed by atoms with Gasteiger partial charge in [0.25, 0.3) is 5.91 Å². The van der Waals surface area contributed by atoms with E-state index in [9.17, 15) is 19.2 Å². The molecule has 0 saturated heterocycles. The zero-order valence-corrected chi connectivity index (χ0v) is 18.4. The van der Waals surface area contributed by atoms with Crippen LogP contribution in [0.1, 0.15) is 67.2 Å². The fraction of sp³-hybridized carbons (Fsp3) is 0.185. The van der Waals surface area contributed by atoms with Gasteiger partial charge in [0.2, 0.25) is 0 Å². The van der Waals surface area contributed by atoms with Crippen molar-refractivity contribution in [3.05, 3.63) is 99.6 Å². The number of rotatable bonds is 6. The molecule has 33 heavy (non-hydrogen) atoms. The molecule has 1 aliphatic rings. The molecule has 0 spiro atoms. The van der Waals surface area contributed by atoms with Crippen LogP contribution in [0.5, 0.6) is 0 Å². The summed E-state index contributed by atoms with van der Waals surface area (Å²) in [5.41, 5.74) is 3.41. The lowest BCUT2D eigenvalue weighted by molar-refractivity contribution is -0.119. The Morgan fingerprint density at radius 2 is 1.33 bits per heavy atom. The number of hydrogen-bond acceptors (Lipinski definition) is 5. The van der Waals surface area contributed by atoms with Gasteiger partial charge in [-0.15, -0.1) is 0 Å². The minimum Gasteiger partial charge on any atom is -0.452 e. The molecule has 1 N–H and O–H groups in total. The monoisotopic (exact) mass is 441 g/mol. The Kier molecular flexibility index (Phi) is 6.18. The first-order chi connectivity index (χ1) is 16.0. The van der Waals surface area contributed by atoms with E-state index < -0.39 is 24.3 Å². The maximum absolute atomic E-state index is 13.1. The van der Waals surface area contributed by atoms with Crippen molar-refractivity contribution in [1.29, 1.82) is 0 Å². The zero-order chi connectivity index (χ0) is 23.5. The predicted molar refractivity (Wildman–Crippen MR) is 124 cm³/mol. The molecule has 0 atom stereocenters. The van der Waals surface area contributed by atoms with E-state index >= 15 is 0 Å². The average Bonchev–Trinajstić information content (AvgIpc) is 2.85. The molecular weight excluding hydrogens is 418 g/mol. The number of amides is 1. The highest BCUT2D eigenvalue weighted by molar-refractivity contribution is 6.30. The average molecular weight is 441 g/mol. The first kappa shape index (κ1) is 22.1. The quantitative estimate of drug-likeness (QED) is 0.449. The van der Waals surface area contributed by atoms with Gasteiger partial charge in [-0.1, -0.05) is 68.4 Å². The third-order valence-corrected chi connectivity index (χ3v) is 5.77. The van der Waals surface area contributed by atoms with Gasteiger partial charge in [0.05, 0.1) is 5.56 Å². The summed E-state index contributed by atoms with van der Waals surface area (Å²) in [7, 11) is 0. The first-order valence-corrected chi connectivity index (χ1v) is 10.8. The third kappa shape index (κ3) is 4.07. The topological polar surface area (TPSA) is 89.5 Å². The molecule has 0 radical (unpaired) electrons. The fourth-order valence-electron chi connectivity index (χ4n) is 4.10. The van der Waals surface area contributed by atoms with Crippen LogP contribution in [0.4, 0.5) is 5.69 Å². The predicted octanol–water partition coefficient (Wildman–Crippen LogP) is 4.38. The van der Waals surface area contributed by atoms with Gasteiger partial charge in [-0.3, -0.25) is 14.4 Å². The second-order valence-corrected chi connectivity index (χ2v) is 7.71. The maximum atomic E-state index is 13.1. The highest BCUT2D eigenvalue weighted by Crippen LogP contribution is 2.30. The third-order valence-electron chi connectivity index (χ3n) is 5.77. The number of ether oxygens (including phenoxy) is 1. The fourth-order valence-corrected chi connectivity index (χ4v) is 4.10. The van der Waals surface area contributed by atoms with Crippen molar-refractivity contribution < 1.29 is 23.9 Å². The number of carbonyl (C=O) groups excluding carboxylic acids is 4. The Bertz CT molecular complexity index is 1270. The Hall–Kier alpha value is -4.06. The van der Waals surface area contributed by atoms with Crippen LogP contribution in [0.25, 0.3) is 0 Å². The molecule has 0 aromatic heterocycles. The summed E-state index contributed by atoms with van der Waals surface area (Å²) < 4.78 is 5.23. The maximum Gasteiger partial charge on any atom is 0.339 e. The summed E-state index contributed by atoms with van der Waals surface area (Å²) in [4.78, 5) is 51.3. The second kappa shape index (κ2) is 9.20. The number of aryl methyl sites for hydroxylation is 2. The lowest BCUT2D eigenvalue weighted by Gasteiger charge is -2.19. The van der Waals surface area contributed by atoms with Crippen LogP contribution in [-0.2, 0) is 22.4 Å². The Balaban J connectivity index is 1.54. The second-order valence-electron chi connectivity index (χ2n) is 7.71. The summed E-state index contributed by atoms with van der Waals surface area (Å²) in [6.45, 7) is 3.49. The first-order valence-electron chi connectivity index (χ1n) is 10.8. The molecule has 0 saturated carbocycles. The lowest BCUT2D eigenvalue weighted by atomic mass is 9.82. The van der Waals surface area contributed by atoms with Crippen molar-refractivity contribution in [1.82, 2.24) is 0 Å². The van der Waals surface area contributed by atoms with Crippen molar-refractivity contribution in [2.45, 2.75) is 26.7 Å². The highest BCUT2D eigenvalue weighted by Gasteiger charge is 2.33. The van der Waals surface area contributed by atoms with E-state index in [-0.39, 0.29) is 28.0 Å². The normalized spacial score (nSPS) is 12.1. The van der Waals surface area contributed by atoms with Crippen molar-refractivity contribution >= 4 is 29.1 Å². The minimum atomic E-state index is -0.831. The molecule has 0 unspecified atom stereocenters. The molecule has 1 aliphatic carbocycles. The lowest BCUT2D eigenvalue weighted by Crippen LogP contribution is -2.26. The van der Waals surface area contributed by atoms with Gasteiger partial charge in [0.15, 0.2) is 18.2 Å². The molecule has 3 aromatic carbocycles. The number of ketones is 2. The molecule has 166 valence electrons. The van der Waals surface area contributed by atoms with Gasteiger partial charge in [-0.2, -0.15) is 0 Å². The van der Waals surface area contributed by atoms with Crippen LogP contribution < -0.4 is 5.32 Å². The number of hydrogen-bond donors (Lipinski definition) is 1. The Morgan fingerprint density at radius 1 is 0.758 bits per heavy atom.